The molecule has 1 aromatic carbocycles. The summed E-state index contributed by atoms with van der Waals surface area (Å²) in [4.78, 5) is 0. The maximum atomic E-state index is 9.44. The summed E-state index contributed by atoms with van der Waals surface area (Å²) in [6, 6.07) is 7.70. The van der Waals surface area contributed by atoms with E-state index in [0.29, 0.717) is 11.9 Å². The van der Waals surface area contributed by atoms with Crippen molar-refractivity contribution in [3.05, 3.63) is 29.8 Å². The molecule has 1 heterocycles. The van der Waals surface area contributed by atoms with E-state index in [-0.39, 0.29) is 6.04 Å². The van der Waals surface area contributed by atoms with Crippen LogP contribution in [0.3, 0.4) is 0 Å². The molecule has 2 unspecified atom stereocenters. The molecule has 0 aliphatic carbocycles. The molecule has 0 radical (unpaired) electrons. The van der Waals surface area contributed by atoms with Gasteiger partial charge in [-0.3, -0.25) is 0 Å². The first-order valence-electron chi connectivity index (χ1n) is 6.89. The molecule has 3 heteroatoms. The third-order valence-corrected chi connectivity index (χ3v) is 3.56. The molecular formula is C15H23NO2. The van der Waals surface area contributed by atoms with Gasteiger partial charge in [0.1, 0.15) is 5.75 Å². The first-order chi connectivity index (χ1) is 8.75. The Morgan fingerprint density at radius 2 is 2.33 bits per heavy atom. The van der Waals surface area contributed by atoms with Crippen LogP contribution in [0.15, 0.2) is 24.3 Å². The zero-order chi connectivity index (χ0) is 12.8. The average molecular weight is 249 g/mol. The van der Waals surface area contributed by atoms with E-state index in [2.05, 4.69) is 12.2 Å². The van der Waals surface area contributed by atoms with Gasteiger partial charge in [0.05, 0.1) is 6.10 Å². The molecule has 0 spiro atoms. The molecule has 3 nitrogen and oxygen atoms in total. The molecule has 2 atom stereocenters. The molecule has 0 bridgehead atoms. The van der Waals surface area contributed by atoms with Crippen molar-refractivity contribution in [1.29, 1.82) is 0 Å². The first kappa shape index (κ1) is 13.4. The van der Waals surface area contributed by atoms with Gasteiger partial charge >= 0.3 is 0 Å². The molecule has 1 aliphatic heterocycles. The number of ether oxygens (including phenoxy) is 1. The van der Waals surface area contributed by atoms with Crippen LogP contribution in [0.25, 0.3) is 0 Å². The van der Waals surface area contributed by atoms with Gasteiger partial charge in [-0.25, -0.2) is 0 Å². The summed E-state index contributed by atoms with van der Waals surface area (Å²) in [5, 5.41) is 12.9. The van der Waals surface area contributed by atoms with E-state index < -0.39 is 0 Å². The molecule has 0 saturated carbocycles. The molecule has 100 valence electrons. The fourth-order valence-corrected chi connectivity index (χ4v) is 2.41. The van der Waals surface area contributed by atoms with Crippen LogP contribution in [0.2, 0.25) is 0 Å². The van der Waals surface area contributed by atoms with Crippen molar-refractivity contribution in [2.45, 2.75) is 44.8 Å². The van der Waals surface area contributed by atoms with Crippen LogP contribution in [0.5, 0.6) is 5.75 Å². The third-order valence-electron chi connectivity index (χ3n) is 3.56. The summed E-state index contributed by atoms with van der Waals surface area (Å²) < 4.78 is 5.70. The lowest BCUT2D eigenvalue weighted by atomic mass is 10.1. The van der Waals surface area contributed by atoms with Crippen molar-refractivity contribution in [3.8, 4) is 5.75 Å². The van der Waals surface area contributed by atoms with Gasteiger partial charge in [0.2, 0.25) is 0 Å². The zero-order valence-electron chi connectivity index (χ0n) is 11.1. The fraction of sp³-hybridized carbons (Fsp3) is 0.600. The van der Waals surface area contributed by atoms with Crippen LogP contribution >= 0.6 is 0 Å². The Kier molecular flexibility index (Phi) is 5.02. The van der Waals surface area contributed by atoms with Crippen molar-refractivity contribution >= 4 is 0 Å². The predicted molar refractivity (Wildman–Crippen MR) is 72.7 cm³/mol. The highest BCUT2D eigenvalue weighted by Gasteiger charge is 2.13. The molecule has 1 fully saturated rings. The molecule has 2 rings (SSSR count). The Morgan fingerprint density at radius 1 is 1.44 bits per heavy atom. The van der Waals surface area contributed by atoms with Gasteiger partial charge in [-0.05, 0) is 56.8 Å². The smallest absolute Gasteiger partial charge is 0.115 e. The SMILES string of the molecule is CC(NCCC1CCCCO1)c1cccc(O)c1. The van der Waals surface area contributed by atoms with E-state index in [0.717, 1.165) is 25.1 Å². The van der Waals surface area contributed by atoms with Crippen LogP contribution in [0.4, 0.5) is 0 Å². The molecule has 0 aromatic heterocycles. The van der Waals surface area contributed by atoms with E-state index in [1.54, 1.807) is 6.07 Å². The number of nitrogens with one attached hydrogen (secondary N) is 1. The van der Waals surface area contributed by atoms with Crippen molar-refractivity contribution in [1.82, 2.24) is 5.32 Å². The van der Waals surface area contributed by atoms with Gasteiger partial charge in [-0.1, -0.05) is 12.1 Å². The van der Waals surface area contributed by atoms with Crippen molar-refractivity contribution < 1.29 is 9.84 Å². The molecule has 2 N–H and O–H groups in total. The number of rotatable bonds is 5. The van der Waals surface area contributed by atoms with Gasteiger partial charge in [-0.15, -0.1) is 0 Å². The average Bonchev–Trinajstić information content (AvgIpc) is 2.40. The quantitative estimate of drug-likeness (QED) is 0.843. The molecule has 1 aromatic rings. The second-order valence-electron chi connectivity index (χ2n) is 5.05. The van der Waals surface area contributed by atoms with E-state index in [9.17, 15) is 5.11 Å². The number of benzene rings is 1. The second-order valence-corrected chi connectivity index (χ2v) is 5.05. The minimum absolute atomic E-state index is 0.265. The van der Waals surface area contributed by atoms with E-state index >= 15 is 0 Å². The fourth-order valence-electron chi connectivity index (χ4n) is 2.41. The number of phenolic OH excluding ortho intramolecular Hbond substituents is 1. The summed E-state index contributed by atoms with van der Waals surface area (Å²) in [5.41, 5.74) is 1.12. The van der Waals surface area contributed by atoms with Gasteiger partial charge in [0, 0.05) is 12.6 Å². The van der Waals surface area contributed by atoms with Crippen molar-refractivity contribution in [3.63, 3.8) is 0 Å². The number of hydrogen-bond donors (Lipinski definition) is 2. The van der Waals surface area contributed by atoms with Gasteiger partial charge in [0.15, 0.2) is 0 Å². The lowest BCUT2D eigenvalue weighted by Gasteiger charge is -2.23. The van der Waals surface area contributed by atoms with Crippen LogP contribution in [0, 0.1) is 0 Å². The summed E-state index contributed by atoms with van der Waals surface area (Å²) in [6.45, 7) is 4.00. The second kappa shape index (κ2) is 6.76. The lowest BCUT2D eigenvalue weighted by Crippen LogP contribution is -2.26. The summed E-state index contributed by atoms with van der Waals surface area (Å²) in [7, 11) is 0. The molecular weight excluding hydrogens is 226 g/mol. The Morgan fingerprint density at radius 3 is 3.06 bits per heavy atom. The predicted octanol–water partition coefficient (Wildman–Crippen LogP) is 3.00. The van der Waals surface area contributed by atoms with E-state index in [4.69, 9.17) is 4.74 Å². The van der Waals surface area contributed by atoms with Crippen LogP contribution in [-0.4, -0.2) is 24.4 Å². The standard InChI is InChI=1S/C15H23NO2/c1-12(13-5-4-6-14(17)11-13)16-9-8-15-7-2-3-10-18-15/h4-6,11-12,15-17H,2-3,7-10H2,1H3. The minimum Gasteiger partial charge on any atom is -0.508 e. The van der Waals surface area contributed by atoms with Gasteiger partial charge in [-0.2, -0.15) is 0 Å². The highest BCUT2D eigenvalue weighted by molar-refractivity contribution is 5.28. The Balaban J connectivity index is 1.72. The van der Waals surface area contributed by atoms with Gasteiger partial charge < -0.3 is 15.2 Å². The largest absolute Gasteiger partial charge is 0.508 e. The minimum atomic E-state index is 0.265. The van der Waals surface area contributed by atoms with Crippen molar-refractivity contribution in [2.24, 2.45) is 0 Å². The maximum Gasteiger partial charge on any atom is 0.115 e. The van der Waals surface area contributed by atoms with Gasteiger partial charge in [0.25, 0.3) is 0 Å². The third kappa shape index (κ3) is 4.00. The van der Waals surface area contributed by atoms with Crippen LogP contribution in [-0.2, 0) is 4.74 Å². The highest BCUT2D eigenvalue weighted by Crippen LogP contribution is 2.19. The normalized spacial score (nSPS) is 21.7. The maximum absolute atomic E-state index is 9.44. The Labute approximate surface area is 109 Å². The Bertz CT molecular complexity index is 361. The number of aromatic hydroxyl groups is 1. The summed E-state index contributed by atoms with van der Waals surface area (Å²) in [6.07, 6.45) is 5.21. The summed E-state index contributed by atoms with van der Waals surface area (Å²) in [5.74, 6) is 0.330. The molecule has 1 saturated heterocycles. The van der Waals surface area contributed by atoms with E-state index in [1.807, 2.05) is 18.2 Å². The van der Waals surface area contributed by atoms with Crippen molar-refractivity contribution in [2.75, 3.05) is 13.2 Å². The molecule has 1 aliphatic rings. The molecule has 0 amide bonds. The van der Waals surface area contributed by atoms with E-state index in [1.165, 1.54) is 19.3 Å². The Hall–Kier alpha value is -1.06. The highest BCUT2D eigenvalue weighted by atomic mass is 16.5. The monoisotopic (exact) mass is 249 g/mol. The summed E-state index contributed by atoms with van der Waals surface area (Å²) >= 11 is 0. The molecule has 18 heavy (non-hydrogen) atoms. The zero-order valence-corrected chi connectivity index (χ0v) is 11.1. The lowest BCUT2D eigenvalue weighted by molar-refractivity contribution is 0.0112. The topological polar surface area (TPSA) is 41.5 Å². The van der Waals surface area contributed by atoms with Crippen LogP contribution in [0.1, 0.15) is 44.2 Å². The van der Waals surface area contributed by atoms with Crippen LogP contribution < -0.4 is 5.32 Å². The first-order valence-corrected chi connectivity index (χ1v) is 6.89. The number of hydrogen-bond acceptors (Lipinski definition) is 3. The number of phenols is 1.